The zero-order valence-electron chi connectivity index (χ0n) is 8.30. The van der Waals surface area contributed by atoms with E-state index in [0.29, 0.717) is 6.04 Å². The predicted molar refractivity (Wildman–Crippen MR) is 50.5 cm³/mol. The molecule has 1 saturated heterocycles. The Labute approximate surface area is 79.0 Å². The molecule has 0 aromatic carbocycles. The summed E-state index contributed by atoms with van der Waals surface area (Å²) in [4.78, 5) is 11.0. The molecule has 1 aliphatic rings. The van der Waals surface area contributed by atoms with Crippen molar-refractivity contribution in [2.45, 2.75) is 31.8 Å². The standard InChI is InChI=1S/C9H18N2O2/c1-7(9(12)13-2)11-6-8-4-3-5-10-8/h7-8,10-11H,3-6H2,1-2H3/t7-,8?/m0/s1. The fourth-order valence-corrected chi connectivity index (χ4v) is 1.51. The summed E-state index contributed by atoms with van der Waals surface area (Å²) >= 11 is 0. The minimum absolute atomic E-state index is 0.196. The van der Waals surface area contributed by atoms with Gasteiger partial charge in [0.15, 0.2) is 0 Å². The second-order valence-electron chi connectivity index (χ2n) is 3.45. The lowest BCUT2D eigenvalue weighted by Crippen LogP contribution is -2.42. The van der Waals surface area contributed by atoms with Crippen LogP contribution in [0.4, 0.5) is 0 Å². The van der Waals surface area contributed by atoms with Crippen LogP contribution < -0.4 is 10.6 Å². The van der Waals surface area contributed by atoms with Crippen molar-refractivity contribution in [3.8, 4) is 0 Å². The van der Waals surface area contributed by atoms with Crippen molar-refractivity contribution < 1.29 is 9.53 Å². The van der Waals surface area contributed by atoms with Gasteiger partial charge in [-0.3, -0.25) is 4.79 Å². The fraction of sp³-hybridized carbons (Fsp3) is 0.889. The number of esters is 1. The SMILES string of the molecule is COC(=O)[C@H](C)NCC1CCCN1. The zero-order valence-corrected chi connectivity index (χ0v) is 8.30. The molecule has 13 heavy (non-hydrogen) atoms. The van der Waals surface area contributed by atoms with E-state index in [1.54, 1.807) is 0 Å². The van der Waals surface area contributed by atoms with Gasteiger partial charge in [0.1, 0.15) is 6.04 Å². The third-order valence-electron chi connectivity index (χ3n) is 2.39. The number of rotatable bonds is 4. The molecule has 76 valence electrons. The molecule has 0 saturated carbocycles. The third-order valence-corrected chi connectivity index (χ3v) is 2.39. The van der Waals surface area contributed by atoms with E-state index >= 15 is 0 Å². The van der Waals surface area contributed by atoms with Crippen molar-refractivity contribution in [1.29, 1.82) is 0 Å². The first kappa shape index (κ1) is 10.5. The number of ether oxygens (including phenoxy) is 1. The van der Waals surface area contributed by atoms with Crippen LogP contribution in [0.15, 0.2) is 0 Å². The summed E-state index contributed by atoms with van der Waals surface area (Å²) < 4.78 is 4.61. The third kappa shape index (κ3) is 3.32. The average molecular weight is 186 g/mol. The van der Waals surface area contributed by atoms with Gasteiger partial charge in [-0.15, -0.1) is 0 Å². The van der Waals surface area contributed by atoms with Crippen LogP contribution >= 0.6 is 0 Å². The van der Waals surface area contributed by atoms with E-state index in [2.05, 4.69) is 15.4 Å². The quantitative estimate of drug-likeness (QED) is 0.601. The van der Waals surface area contributed by atoms with E-state index in [-0.39, 0.29) is 12.0 Å². The molecule has 4 nitrogen and oxygen atoms in total. The van der Waals surface area contributed by atoms with Gasteiger partial charge in [0.25, 0.3) is 0 Å². The summed E-state index contributed by atoms with van der Waals surface area (Å²) in [6.45, 7) is 3.76. The maximum Gasteiger partial charge on any atom is 0.322 e. The highest BCUT2D eigenvalue weighted by Gasteiger charge is 2.17. The maximum absolute atomic E-state index is 11.0. The molecule has 0 aromatic rings. The fourth-order valence-electron chi connectivity index (χ4n) is 1.51. The van der Waals surface area contributed by atoms with Gasteiger partial charge in [-0.2, -0.15) is 0 Å². The number of hydrogen-bond donors (Lipinski definition) is 2. The lowest BCUT2D eigenvalue weighted by molar-refractivity contribution is -0.142. The van der Waals surface area contributed by atoms with Gasteiger partial charge in [-0.1, -0.05) is 0 Å². The van der Waals surface area contributed by atoms with Gasteiger partial charge in [-0.05, 0) is 26.3 Å². The Morgan fingerprint density at radius 1 is 1.77 bits per heavy atom. The highest BCUT2D eigenvalue weighted by molar-refractivity contribution is 5.75. The van der Waals surface area contributed by atoms with Crippen LogP contribution in [0, 0.1) is 0 Å². The molecule has 2 atom stereocenters. The Kier molecular flexibility index (Phi) is 4.18. The first-order chi connectivity index (χ1) is 6.24. The summed E-state index contributed by atoms with van der Waals surface area (Å²) in [5.74, 6) is -0.196. The molecule has 0 aromatic heterocycles. The first-order valence-electron chi connectivity index (χ1n) is 4.78. The van der Waals surface area contributed by atoms with Crippen LogP contribution in [0.2, 0.25) is 0 Å². The highest BCUT2D eigenvalue weighted by Crippen LogP contribution is 2.03. The Morgan fingerprint density at radius 3 is 3.08 bits per heavy atom. The Hall–Kier alpha value is -0.610. The van der Waals surface area contributed by atoms with Crippen molar-refractivity contribution >= 4 is 5.97 Å². The highest BCUT2D eigenvalue weighted by atomic mass is 16.5. The van der Waals surface area contributed by atoms with Crippen LogP contribution in [0.25, 0.3) is 0 Å². The van der Waals surface area contributed by atoms with E-state index in [1.165, 1.54) is 20.0 Å². The summed E-state index contributed by atoms with van der Waals surface area (Å²) in [5, 5.41) is 6.49. The maximum atomic E-state index is 11.0. The molecule has 0 spiro atoms. The van der Waals surface area contributed by atoms with Crippen LogP contribution in [-0.4, -0.2) is 38.3 Å². The largest absolute Gasteiger partial charge is 0.468 e. The van der Waals surface area contributed by atoms with Gasteiger partial charge in [0.05, 0.1) is 7.11 Å². The Bertz CT molecular complexity index is 167. The minimum Gasteiger partial charge on any atom is -0.468 e. The zero-order chi connectivity index (χ0) is 9.68. The lowest BCUT2D eigenvalue weighted by Gasteiger charge is -2.15. The van der Waals surface area contributed by atoms with Crippen molar-refractivity contribution in [2.75, 3.05) is 20.2 Å². The normalized spacial score (nSPS) is 24.3. The van der Waals surface area contributed by atoms with E-state index in [0.717, 1.165) is 13.1 Å². The molecule has 1 aliphatic heterocycles. The topological polar surface area (TPSA) is 50.4 Å². The van der Waals surface area contributed by atoms with E-state index in [4.69, 9.17) is 0 Å². The molecule has 2 N–H and O–H groups in total. The molecule has 1 unspecified atom stereocenters. The van der Waals surface area contributed by atoms with Crippen LogP contribution in [-0.2, 0) is 9.53 Å². The Balaban J connectivity index is 2.13. The molecule has 0 aliphatic carbocycles. The van der Waals surface area contributed by atoms with Crippen LogP contribution in [0.3, 0.4) is 0 Å². The Morgan fingerprint density at radius 2 is 2.54 bits per heavy atom. The molecule has 1 fully saturated rings. The van der Waals surface area contributed by atoms with E-state index in [1.807, 2.05) is 6.92 Å². The monoisotopic (exact) mass is 186 g/mol. The summed E-state index contributed by atoms with van der Waals surface area (Å²) in [7, 11) is 1.41. The summed E-state index contributed by atoms with van der Waals surface area (Å²) in [6.07, 6.45) is 2.43. The van der Waals surface area contributed by atoms with Gasteiger partial charge < -0.3 is 15.4 Å². The first-order valence-corrected chi connectivity index (χ1v) is 4.78. The van der Waals surface area contributed by atoms with Crippen LogP contribution in [0.1, 0.15) is 19.8 Å². The molecular weight excluding hydrogens is 168 g/mol. The number of methoxy groups -OCH3 is 1. The van der Waals surface area contributed by atoms with Crippen molar-refractivity contribution in [3.63, 3.8) is 0 Å². The van der Waals surface area contributed by atoms with Crippen molar-refractivity contribution in [1.82, 2.24) is 10.6 Å². The predicted octanol–water partition coefficient (Wildman–Crippen LogP) is -0.110. The number of carbonyl (C=O) groups excluding carboxylic acids is 1. The minimum atomic E-state index is -0.201. The van der Waals surface area contributed by atoms with Gasteiger partial charge in [0, 0.05) is 12.6 Å². The average Bonchev–Trinajstić information content (AvgIpc) is 2.65. The molecule has 0 bridgehead atoms. The van der Waals surface area contributed by atoms with Crippen molar-refractivity contribution in [3.05, 3.63) is 0 Å². The van der Waals surface area contributed by atoms with Gasteiger partial charge in [0.2, 0.25) is 0 Å². The number of hydrogen-bond acceptors (Lipinski definition) is 4. The number of nitrogens with one attached hydrogen (secondary N) is 2. The summed E-state index contributed by atoms with van der Waals surface area (Å²) in [6, 6.07) is 0.319. The molecule has 1 heterocycles. The molecule has 0 amide bonds. The number of carbonyl (C=O) groups is 1. The molecule has 0 radical (unpaired) electrons. The molecule has 1 rings (SSSR count). The lowest BCUT2D eigenvalue weighted by atomic mass is 10.2. The van der Waals surface area contributed by atoms with E-state index in [9.17, 15) is 4.79 Å². The smallest absolute Gasteiger partial charge is 0.322 e. The molecule has 4 heteroatoms. The molecular formula is C9H18N2O2. The second-order valence-corrected chi connectivity index (χ2v) is 3.45. The summed E-state index contributed by atoms with van der Waals surface area (Å²) in [5.41, 5.74) is 0. The van der Waals surface area contributed by atoms with Crippen LogP contribution in [0.5, 0.6) is 0 Å². The van der Waals surface area contributed by atoms with Gasteiger partial charge in [-0.25, -0.2) is 0 Å². The second kappa shape index (κ2) is 5.19. The van der Waals surface area contributed by atoms with Crippen molar-refractivity contribution in [2.24, 2.45) is 0 Å². The van der Waals surface area contributed by atoms with Gasteiger partial charge >= 0.3 is 5.97 Å². The van der Waals surface area contributed by atoms with E-state index < -0.39 is 0 Å².